The minimum atomic E-state index is -5.93. The van der Waals surface area contributed by atoms with Gasteiger partial charge in [0.25, 0.3) is 0 Å². The normalized spacial score (nSPS) is 12.3. The molecule has 0 aliphatic heterocycles. The van der Waals surface area contributed by atoms with E-state index >= 15 is 0 Å². The van der Waals surface area contributed by atoms with Gasteiger partial charge >= 0.3 is 15.6 Å². The van der Waals surface area contributed by atoms with E-state index in [2.05, 4.69) is 4.90 Å². The number of rotatable bonds is 6. The summed E-state index contributed by atoms with van der Waals surface area (Å²) in [6.45, 7) is 0. The molecule has 10 heteroatoms. The molecule has 0 unspecified atom stereocenters. The van der Waals surface area contributed by atoms with E-state index in [0.29, 0.717) is 10.4 Å². The number of para-hydroxylation sites is 4. The number of aromatic nitrogens is 1. The molecule has 0 aliphatic rings. The van der Waals surface area contributed by atoms with E-state index in [1.54, 1.807) is 0 Å². The quantitative estimate of drug-likeness (QED) is 0.131. The maximum atomic E-state index is 13.5. The molecular formula is C37H23F3N2O3S2. The van der Waals surface area contributed by atoms with Gasteiger partial charge in [0.2, 0.25) is 0 Å². The van der Waals surface area contributed by atoms with Crippen molar-refractivity contribution in [1.82, 2.24) is 4.57 Å². The molecule has 47 heavy (non-hydrogen) atoms. The van der Waals surface area contributed by atoms with Crippen LogP contribution in [-0.2, 0) is 10.1 Å². The van der Waals surface area contributed by atoms with Gasteiger partial charge in [0.1, 0.15) is 5.75 Å². The zero-order chi connectivity index (χ0) is 32.3. The molecule has 0 amide bonds. The van der Waals surface area contributed by atoms with Crippen LogP contribution in [0.4, 0.5) is 30.2 Å². The maximum Gasteiger partial charge on any atom is 0.534 e. The molecule has 0 aliphatic carbocycles. The van der Waals surface area contributed by atoms with E-state index in [1.807, 2.05) is 132 Å². The SMILES string of the molecule is O=S(=O)(Oc1cc(-n2c3ccccc3c3ccccc32)c2c(c1)sc1cccc(N(c3ccccc3)c3ccccc3)c12)C(F)(F)F. The minimum absolute atomic E-state index is 0.428. The zero-order valence-electron chi connectivity index (χ0n) is 24.3. The molecule has 2 aromatic heterocycles. The Morgan fingerprint density at radius 2 is 1.17 bits per heavy atom. The monoisotopic (exact) mass is 664 g/mol. The standard InChI is InChI=1S/C37H23F3N2O3S2/c38-37(39,40)47(43,44)45-26-22-32(42-29-18-9-7-16-27(29)28-17-8-10-19-30(28)42)36-34(23-26)46-33-21-11-20-31(35(33)36)41(24-12-3-1-4-13-24)25-14-5-2-6-15-25/h1-23H. The molecule has 6 aromatic carbocycles. The van der Waals surface area contributed by atoms with Crippen LogP contribution in [0.5, 0.6) is 5.75 Å². The van der Waals surface area contributed by atoms with Crippen LogP contribution in [0.3, 0.4) is 0 Å². The molecule has 0 bridgehead atoms. The van der Waals surface area contributed by atoms with Gasteiger partial charge in [-0.15, -0.1) is 11.3 Å². The van der Waals surface area contributed by atoms with Crippen LogP contribution in [0.15, 0.2) is 140 Å². The lowest BCUT2D eigenvalue weighted by Gasteiger charge is -2.26. The molecule has 232 valence electrons. The molecule has 5 nitrogen and oxygen atoms in total. The van der Waals surface area contributed by atoms with Crippen LogP contribution in [-0.4, -0.2) is 18.5 Å². The summed E-state index contributed by atoms with van der Waals surface area (Å²) in [4.78, 5) is 2.14. The molecule has 0 N–H and O–H groups in total. The number of nitrogens with zero attached hydrogens (tertiary/aromatic N) is 2. The van der Waals surface area contributed by atoms with Crippen molar-refractivity contribution >= 4 is 80.5 Å². The molecule has 2 heterocycles. The number of fused-ring (bicyclic) bond motifs is 6. The van der Waals surface area contributed by atoms with Gasteiger partial charge in [-0.25, -0.2) is 0 Å². The second-order valence-electron chi connectivity index (χ2n) is 10.9. The van der Waals surface area contributed by atoms with Gasteiger partial charge in [-0.05, 0) is 54.6 Å². The van der Waals surface area contributed by atoms with Gasteiger partial charge in [-0.1, -0.05) is 78.9 Å². The fourth-order valence-corrected chi connectivity index (χ4v) is 7.85. The Bertz CT molecular complexity index is 2470. The Morgan fingerprint density at radius 1 is 0.617 bits per heavy atom. The van der Waals surface area contributed by atoms with E-state index in [0.717, 1.165) is 54.3 Å². The summed E-state index contributed by atoms with van der Waals surface area (Å²) in [5.41, 5.74) is -0.790. The first kappa shape index (κ1) is 29.1. The molecule has 8 rings (SSSR count). The lowest BCUT2D eigenvalue weighted by atomic mass is 10.1. The van der Waals surface area contributed by atoms with Crippen molar-refractivity contribution in [3.63, 3.8) is 0 Å². The van der Waals surface area contributed by atoms with Crippen molar-refractivity contribution < 1.29 is 25.8 Å². The second-order valence-corrected chi connectivity index (χ2v) is 13.5. The summed E-state index contributed by atoms with van der Waals surface area (Å²) < 4.78 is 73.3. The van der Waals surface area contributed by atoms with Crippen LogP contribution in [0.25, 0.3) is 47.7 Å². The lowest BCUT2D eigenvalue weighted by Crippen LogP contribution is -2.28. The van der Waals surface area contributed by atoms with Gasteiger partial charge in [-0.2, -0.15) is 21.6 Å². The Balaban J connectivity index is 1.51. The summed E-state index contributed by atoms with van der Waals surface area (Å²) >= 11 is 1.36. The van der Waals surface area contributed by atoms with Crippen molar-refractivity contribution in [3.05, 3.63) is 140 Å². The first-order valence-electron chi connectivity index (χ1n) is 14.6. The summed E-state index contributed by atoms with van der Waals surface area (Å²) in [6.07, 6.45) is 0. The smallest absolute Gasteiger partial charge is 0.376 e. The average Bonchev–Trinajstić information content (AvgIpc) is 3.61. The van der Waals surface area contributed by atoms with Gasteiger partial charge < -0.3 is 13.7 Å². The number of alkyl halides is 3. The fourth-order valence-electron chi connectivity index (χ4n) is 6.23. The zero-order valence-corrected chi connectivity index (χ0v) is 26.0. The molecule has 0 fully saturated rings. The van der Waals surface area contributed by atoms with Crippen LogP contribution in [0.2, 0.25) is 0 Å². The fraction of sp³-hybridized carbons (Fsp3) is 0.0270. The first-order valence-corrected chi connectivity index (χ1v) is 16.8. The van der Waals surface area contributed by atoms with Crippen molar-refractivity contribution in [2.75, 3.05) is 4.90 Å². The number of halogens is 3. The van der Waals surface area contributed by atoms with Crippen LogP contribution < -0.4 is 9.08 Å². The van der Waals surface area contributed by atoms with Crippen LogP contribution in [0, 0.1) is 0 Å². The largest absolute Gasteiger partial charge is 0.534 e. The molecule has 8 aromatic rings. The third kappa shape index (κ3) is 4.79. The number of thiophene rings is 1. The molecular weight excluding hydrogens is 642 g/mol. The van der Waals surface area contributed by atoms with Crippen LogP contribution in [0.1, 0.15) is 0 Å². The van der Waals surface area contributed by atoms with E-state index in [4.69, 9.17) is 4.18 Å². The number of anilines is 3. The maximum absolute atomic E-state index is 13.5. The summed E-state index contributed by atoms with van der Waals surface area (Å²) in [6, 6.07) is 44.0. The summed E-state index contributed by atoms with van der Waals surface area (Å²) in [5, 5.41) is 3.50. The topological polar surface area (TPSA) is 51.5 Å². The first-order chi connectivity index (χ1) is 22.7. The molecule has 0 saturated carbocycles. The van der Waals surface area contributed by atoms with Gasteiger partial charge in [0.05, 0.1) is 22.4 Å². The highest BCUT2D eigenvalue weighted by molar-refractivity contribution is 7.88. The second kappa shape index (κ2) is 10.9. The van der Waals surface area contributed by atoms with Crippen molar-refractivity contribution in [3.8, 4) is 11.4 Å². The highest BCUT2D eigenvalue weighted by atomic mass is 32.2. The predicted octanol–water partition coefficient (Wildman–Crippen LogP) is 10.8. The van der Waals surface area contributed by atoms with Gasteiger partial charge in [-0.3, -0.25) is 0 Å². The minimum Gasteiger partial charge on any atom is -0.376 e. The number of hydrogen-bond donors (Lipinski definition) is 0. The lowest BCUT2D eigenvalue weighted by molar-refractivity contribution is -0.0500. The van der Waals surface area contributed by atoms with Crippen molar-refractivity contribution in [2.24, 2.45) is 0 Å². The highest BCUT2D eigenvalue weighted by Gasteiger charge is 2.48. The Kier molecular flexibility index (Phi) is 6.75. The predicted molar refractivity (Wildman–Crippen MR) is 184 cm³/mol. The van der Waals surface area contributed by atoms with Crippen LogP contribution >= 0.6 is 11.3 Å². The Hall–Kier alpha value is -5.32. The number of benzene rings is 6. The van der Waals surface area contributed by atoms with E-state index in [-0.39, 0.29) is 0 Å². The number of hydrogen-bond acceptors (Lipinski definition) is 5. The molecule has 0 radical (unpaired) electrons. The third-order valence-corrected chi connectivity index (χ3v) is 10.2. The van der Waals surface area contributed by atoms with E-state index in [9.17, 15) is 21.6 Å². The van der Waals surface area contributed by atoms with Crippen molar-refractivity contribution in [2.45, 2.75) is 5.51 Å². The summed E-state index contributed by atoms with van der Waals surface area (Å²) in [5.74, 6) is -0.428. The van der Waals surface area contributed by atoms with E-state index < -0.39 is 21.4 Å². The van der Waals surface area contributed by atoms with Crippen molar-refractivity contribution in [1.29, 1.82) is 0 Å². The Labute approximate surface area is 271 Å². The molecule has 0 atom stereocenters. The summed E-state index contributed by atoms with van der Waals surface area (Å²) in [7, 11) is -5.93. The Morgan fingerprint density at radius 3 is 1.74 bits per heavy atom. The van der Waals surface area contributed by atoms with Gasteiger partial charge in [0, 0.05) is 48.4 Å². The molecule has 0 saturated heterocycles. The highest BCUT2D eigenvalue weighted by Crippen LogP contribution is 2.49. The average molecular weight is 665 g/mol. The van der Waals surface area contributed by atoms with E-state index in [1.165, 1.54) is 23.5 Å². The van der Waals surface area contributed by atoms with Gasteiger partial charge in [0.15, 0.2) is 0 Å². The molecule has 0 spiro atoms. The third-order valence-electron chi connectivity index (χ3n) is 8.11.